The topological polar surface area (TPSA) is 75.7 Å². The van der Waals surface area contributed by atoms with Crippen molar-refractivity contribution >= 4 is 40.8 Å². The van der Waals surface area contributed by atoms with E-state index < -0.39 is 17.8 Å². The molecule has 1 aliphatic heterocycles. The summed E-state index contributed by atoms with van der Waals surface area (Å²) in [6.45, 7) is 4.23. The molecule has 0 aromatic heterocycles. The molecular weight excluding hydrogens is 392 g/mol. The van der Waals surface area contributed by atoms with Crippen molar-refractivity contribution in [3.05, 3.63) is 70.4 Å². The maximum absolute atomic E-state index is 12.8. The number of esters is 1. The molecule has 0 saturated carbocycles. The van der Waals surface area contributed by atoms with Crippen molar-refractivity contribution in [3.8, 4) is 0 Å². The van der Waals surface area contributed by atoms with Crippen molar-refractivity contribution in [2.75, 3.05) is 16.8 Å². The first kappa shape index (κ1) is 20.6. The number of unbranched alkanes of at least 4 members (excludes halogenated alkanes) is 1. The van der Waals surface area contributed by atoms with Crippen LogP contribution in [-0.4, -0.2) is 24.4 Å². The highest BCUT2D eigenvalue weighted by Gasteiger charge is 2.39. The van der Waals surface area contributed by atoms with Gasteiger partial charge in [0.2, 0.25) is 0 Å². The number of anilines is 2. The third-order valence-electron chi connectivity index (χ3n) is 4.39. The van der Waals surface area contributed by atoms with Gasteiger partial charge in [-0.25, -0.2) is 9.69 Å². The molecule has 0 atom stereocenters. The molecule has 1 aliphatic rings. The molecule has 150 valence electrons. The lowest BCUT2D eigenvalue weighted by molar-refractivity contribution is -0.120. The number of ether oxygens (including phenoxy) is 1. The molecule has 6 nitrogen and oxygen atoms in total. The summed E-state index contributed by atoms with van der Waals surface area (Å²) < 4.78 is 5.20. The molecule has 0 spiro atoms. The van der Waals surface area contributed by atoms with Crippen molar-refractivity contribution < 1.29 is 19.1 Å². The van der Waals surface area contributed by atoms with Crippen molar-refractivity contribution in [2.45, 2.75) is 26.7 Å². The number of amides is 2. The summed E-state index contributed by atoms with van der Waals surface area (Å²) in [6.07, 6.45) is 1.71. The van der Waals surface area contributed by atoms with E-state index in [1.165, 1.54) is 0 Å². The fraction of sp³-hybridized carbons (Fsp3) is 0.227. The number of imide groups is 1. The maximum atomic E-state index is 12.8. The highest BCUT2D eigenvalue weighted by Crippen LogP contribution is 2.30. The second-order valence-electron chi connectivity index (χ2n) is 6.67. The van der Waals surface area contributed by atoms with Gasteiger partial charge in [-0.05, 0) is 49.2 Å². The van der Waals surface area contributed by atoms with E-state index in [2.05, 4.69) is 5.32 Å². The van der Waals surface area contributed by atoms with Gasteiger partial charge in [0.1, 0.15) is 10.7 Å². The average molecular weight is 413 g/mol. The summed E-state index contributed by atoms with van der Waals surface area (Å²) in [4.78, 5) is 38.6. The van der Waals surface area contributed by atoms with Crippen LogP contribution in [0.5, 0.6) is 0 Å². The molecule has 2 amide bonds. The van der Waals surface area contributed by atoms with Gasteiger partial charge in [-0.2, -0.15) is 0 Å². The Bertz CT molecular complexity index is 1000. The number of benzene rings is 2. The average Bonchev–Trinajstić information content (AvgIpc) is 2.91. The zero-order chi connectivity index (χ0) is 21.0. The Balaban J connectivity index is 1.79. The van der Waals surface area contributed by atoms with E-state index >= 15 is 0 Å². The standard InChI is InChI=1S/C22H21ClN2O4/c1-3-4-11-29-22(28)15-8-6-9-16(13-15)24-19-18(23)20(26)25(21(19)27)17-10-5-7-14(2)12-17/h5-10,12-13,24H,3-4,11H2,1-2H3. The van der Waals surface area contributed by atoms with Gasteiger partial charge in [-0.3, -0.25) is 9.59 Å². The monoisotopic (exact) mass is 412 g/mol. The second kappa shape index (κ2) is 8.92. The van der Waals surface area contributed by atoms with Gasteiger partial charge in [0.25, 0.3) is 11.8 Å². The molecule has 7 heteroatoms. The van der Waals surface area contributed by atoms with Gasteiger partial charge >= 0.3 is 5.97 Å². The third kappa shape index (κ3) is 4.49. The first-order valence-corrected chi connectivity index (χ1v) is 9.69. The normalized spacial score (nSPS) is 13.8. The van der Waals surface area contributed by atoms with Crippen LogP contribution in [0.1, 0.15) is 35.7 Å². The molecule has 0 radical (unpaired) electrons. The summed E-state index contributed by atoms with van der Waals surface area (Å²) in [5.41, 5.74) is 2.12. The number of nitrogens with zero attached hydrogens (tertiary/aromatic N) is 1. The van der Waals surface area contributed by atoms with Crippen molar-refractivity contribution in [3.63, 3.8) is 0 Å². The number of nitrogens with one attached hydrogen (secondary N) is 1. The lowest BCUT2D eigenvalue weighted by Gasteiger charge is -2.15. The zero-order valence-corrected chi connectivity index (χ0v) is 17.0. The van der Waals surface area contributed by atoms with Gasteiger partial charge in [-0.15, -0.1) is 0 Å². The molecular formula is C22H21ClN2O4. The van der Waals surface area contributed by atoms with Crippen LogP contribution in [0.3, 0.4) is 0 Å². The molecule has 1 N–H and O–H groups in total. The van der Waals surface area contributed by atoms with Gasteiger partial charge in [-0.1, -0.05) is 43.1 Å². The number of hydrogen-bond acceptors (Lipinski definition) is 5. The van der Waals surface area contributed by atoms with Crippen LogP contribution in [-0.2, 0) is 14.3 Å². The Morgan fingerprint density at radius 3 is 2.59 bits per heavy atom. The molecule has 29 heavy (non-hydrogen) atoms. The number of halogens is 1. The van der Waals surface area contributed by atoms with Crippen LogP contribution in [0.4, 0.5) is 11.4 Å². The summed E-state index contributed by atoms with van der Waals surface area (Å²) in [5.74, 6) is -1.60. The number of hydrogen-bond donors (Lipinski definition) is 1. The zero-order valence-electron chi connectivity index (χ0n) is 16.2. The Hall–Kier alpha value is -3.12. The number of rotatable bonds is 7. The van der Waals surface area contributed by atoms with Gasteiger partial charge in [0.15, 0.2) is 0 Å². The van der Waals surface area contributed by atoms with E-state index in [4.69, 9.17) is 16.3 Å². The van der Waals surface area contributed by atoms with E-state index in [1.807, 2.05) is 19.9 Å². The highest BCUT2D eigenvalue weighted by molar-refractivity contribution is 6.53. The third-order valence-corrected chi connectivity index (χ3v) is 4.74. The molecule has 0 bridgehead atoms. The molecule has 2 aromatic rings. The predicted molar refractivity (Wildman–Crippen MR) is 112 cm³/mol. The highest BCUT2D eigenvalue weighted by atomic mass is 35.5. The number of aryl methyl sites for hydroxylation is 1. The minimum absolute atomic E-state index is 0.0327. The molecule has 0 fully saturated rings. The Morgan fingerprint density at radius 2 is 1.86 bits per heavy atom. The van der Waals surface area contributed by atoms with E-state index in [0.29, 0.717) is 23.5 Å². The lowest BCUT2D eigenvalue weighted by Crippen LogP contribution is -2.32. The first-order chi connectivity index (χ1) is 13.9. The second-order valence-corrected chi connectivity index (χ2v) is 7.05. The van der Waals surface area contributed by atoms with Gasteiger partial charge in [0.05, 0.1) is 17.9 Å². The van der Waals surface area contributed by atoms with Crippen molar-refractivity contribution in [1.82, 2.24) is 0 Å². The summed E-state index contributed by atoms with van der Waals surface area (Å²) in [7, 11) is 0. The molecule has 0 unspecified atom stereocenters. The fourth-order valence-corrected chi connectivity index (χ4v) is 3.09. The molecule has 0 saturated heterocycles. The van der Waals surface area contributed by atoms with E-state index in [-0.39, 0.29) is 10.7 Å². The van der Waals surface area contributed by atoms with Gasteiger partial charge in [0, 0.05) is 5.69 Å². The van der Waals surface area contributed by atoms with Crippen LogP contribution in [0.15, 0.2) is 59.3 Å². The number of carbonyl (C=O) groups is 3. The Kier molecular flexibility index (Phi) is 6.34. The predicted octanol–water partition coefficient (Wildman–Crippen LogP) is 4.39. The smallest absolute Gasteiger partial charge is 0.338 e. The van der Waals surface area contributed by atoms with Crippen LogP contribution >= 0.6 is 11.6 Å². The van der Waals surface area contributed by atoms with Crippen LogP contribution < -0.4 is 10.2 Å². The van der Waals surface area contributed by atoms with Crippen LogP contribution in [0.25, 0.3) is 0 Å². The fourth-order valence-electron chi connectivity index (χ4n) is 2.87. The first-order valence-electron chi connectivity index (χ1n) is 9.31. The van der Waals surface area contributed by atoms with Crippen LogP contribution in [0, 0.1) is 6.92 Å². The lowest BCUT2D eigenvalue weighted by atomic mass is 10.2. The largest absolute Gasteiger partial charge is 0.462 e. The maximum Gasteiger partial charge on any atom is 0.338 e. The van der Waals surface area contributed by atoms with Crippen LogP contribution in [0.2, 0.25) is 0 Å². The molecule has 1 heterocycles. The SMILES string of the molecule is CCCCOC(=O)c1cccc(NC2=C(Cl)C(=O)N(c3cccc(C)c3)C2=O)c1. The molecule has 0 aliphatic carbocycles. The number of carbonyl (C=O) groups excluding carboxylic acids is 3. The quantitative estimate of drug-likeness (QED) is 0.414. The van der Waals surface area contributed by atoms with E-state index in [1.54, 1.807) is 42.5 Å². The van der Waals surface area contributed by atoms with Crippen molar-refractivity contribution in [1.29, 1.82) is 0 Å². The Labute approximate surface area is 174 Å². The van der Waals surface area contributed by atoms with Gasteiger partial charge < -0.3 is 10.1 Å². The minimum atomic E-state index is -0.597. The van der Waals surface area contributed by atoms with E-state index in [9.17, 15) is 14.4 Å². The molecule has 3 rings (SSSR count). The van der Waals surface area contributed by atoms with Crippen molar-refractivity contribution in [2.24, 2.45) is 0 Å². The summed E-state index contributed by atoms with van der Waals surface area (Å²) >= 11 is 6.16. The summed E-state index contributed by atoms with van der Waals surface area (Å²) in [6, 6.07) is 13.5. The molecule has 2 aromatic carbocycles. The van der Waals surface area contributed by atoms with E-state index in [0.717, 1.165) is 23.3 Å². The Morgan fingerprint density at radius 1 is 1.10 bits per heavy atom. The summed E-state index contributed by atoms with van der Waals surface area (Å²) in [5, 5.41) is 2.67. The minimum Gasteiger partial charge on any atom is -0.462 e.